The maximum atomic E-state index is 13.1. The van der Waals surface area contributed by atoms with Crippen LogP contribution in [0.4, 0.5) is 4.39 Å². The van der Waals surface area contributed by atoms with Crippen molar-refractivity contribution in [3.05, 3.63) is 250 Å². The molecule has 760 valence electrons. The van der Waals surface area contributed by atoms with Crippen LogP contribution in [0.5, 0.6) is 0 Å². The van der Waals surface area contributed by atoms with Crippen molar-refractivity contribution in [3.63, 3.8) is 0 Å². The first kappa shape index (κ1) is 119. The summed E-state index contributed by atoms with van der Waals surface area (Å²) in [5.74, 6) is -1.24. The Morgan fingerprint density at radius 2 is 0.735 bits per heavy atom. The van der Waals surface area contributed by atoms with Crippen LogP contribution < -0.4 is 45.0 Å². The van der Waals surface area contributed by atoms with E-state index in [4.69, 9.17) is 43.8 Å². The molecule has 8 heterocycles. The zero-order valence-electron chi connectivity index (χ0n) is 78.1. The summed E-state index contributed by atoms with van der Waals surface area (Å²) in [5, 5.41) is 58.4. The van der Waals surface area contributed by atoms with Gasteiger partial charge in [0.25, 0.3) is 22.2 Å². The van der Waals surface area contributed by atoms with Crippen molar-refractivity contribution in [2.75, 3.05) is 44.2 Å². The molecular weight excluding hydrogens is 2310 g/mol. The Morgan fingerprint density at radius 3 is 1.01 bits per heavy atom. The Balaban J connectivity index is 0.000000459. The molecule has 2 aliphatic carbocycles. The third-order valence-electron chi connectivity index (χ3n) is 24.4. The number of H-pyrrole nitrogens is 6. The van der Waals surface area contributed by atoms with Crippen molar-refractivity contribution in [2.24, 2.45) is 11.8 Å². The summed E-state index contributed by atoms with van der Waals surface area (Å²) in [6.45, 7) is 32.6. The van der Waals surface area contributed by atoms with Crippen molar-refractivity contribution >= 4 is 102 Å². The summed E-state index contributed by atoms with van der Waals surface area (Å²) < 4.78 is 65.4. The molecule has 6 aliphatic rings. The molecule has 4 aromatic carbocycles. The van der Waals surface area contributed by atoms with Crippen LogP contribution in [-0.4, -0.2) is 218 Å². The fourth-order valence-electron chi connectivity index (χ4n) is 15.4. The number of aliphatic hydroxyl groups excluding tert-OH is 6. The fourth-order valence-corrected chi connectivity index (χ4v) is 18.2. The Hall–Kier alpha value is -9.36. The molecule has 14 rings (SSSR count). The maximum absolute atomic E-state index is 13.1. The second-order valence-electron chi connectivity index (χ2n) is 34.7. The Kier molecular flexibility index (Phi) is 47.0. The smallest absolute Gasteiger partial charge is 0.328 e. The number of aromatic amines is 6. The van der Waals surface area contributed by atoms with E-state index >= 15 is 0 Å². The standard InChI is InChI=1S/C33H42N2O6Si.C25H24N2O8.C17H30N2O4Si.C9H12N2O6.2C2H2Br2O.C2H6.CH3F.2CH4.Fm.H2O/c1-8-27-20(2)29(41-42(6,7)33(3,4)5)30(40-27)25-17-35(32(38)34-31(25)37)18-28(36)39-19-26-23-15-11-9-13-21(23)22-14-10-12-16-24(22)26;28-11-19-21(30)22(31)23(35-19)17-9-27(25(33)26-24(17)32)10-20(29)34-12-18-15-7-3-1-5-13(15)14-6-2-4-8-16(14)18;1-8-12-10(2)13(23-24(6,7)17(3,4)5)14(22-12)11-9-18-16(21)19-15(11)20;12-2-4-5(13)6(14)7(17-4)3-1-10-9(16)11-8(3)15;2*3-1-2(4)5;2*1-2;;;;/h9-17,20,26-27,29-30H,8,18-19H2,1-7H3,(H,34,37,38);1-9,18-19,21-23,28,30-31H,10-12H2,(H,26,32,33);9-10,12-14H,8H2,1-7H3,(H2,18,19,20,21);1,4-7,12-14H,2H2,(H2,10,11,15,16);2*1H2;1-2H3;1H3;2*1H4;;1H2/t20?,27-,29+,30+;19-,21?,22+,23+;10?,12-,13+,14+;4-,5?,6+,7+;;;;;;;;/m1111......../s1/i;;;;;;;1D;;;;. The third kappa shape index (κ3) is 29.4. The van der Waals surface area contributed by atoms with E-state index in [1.54, 1.807) is 0 Å². The number of benzene rings is 4. The van der Waals surface area contributed by atoms with E-state index in [0.717, 1.165) is 74.3 Å². The zero-order valence-corrected chi connectivity index (χ0v) is 87.9. The minimum atomic E-state index is -2.21. The number of esters is 2. The molecule has 4 fully saturated rings. The number of hydrogen-bond acceptors (Lipinski definition) is 26. The number of aromatic nitrogens is 8. The van der Waals surface area contributed by atoms with Gasteiger partial charge < -0.3 is 83.4 Å². The second-order valence-corrected chi connectivity index (χ2v) is 47.1. The molecule has 4 aliphatic heterocycles. The van der Waals surface area contributed by atoms with Crippen molar-refractivity contribution in [1.82, 2.24) is 39.0 Å². The number of nitrogens with one attached hydrogen (secondary N) is 6. The van der Waals surface area contributed by atoms with Crippen LogP contribution in [-0.2, 0) is 69.5 Å². The summed E-state index contributed by atoms with van der Waals surface area (Å²) in [6.07, 6.45) is -4.89. The quantitative estimate of drug-likeness (QED) is 0.0130. The van der Waals surface area contributed by atoms with E-state index in [-0.39, 0.29) is 124 Å². The Labute approximate surface area is 819 Å². The monoisotopic (exact) mass is 2440 g/mol. The number of alkyl halides is 3. The molecule has 35 nitrogen and oxygen atoms in total. The SMILES string of the molecule is C.C.CC.CC[C@H]1O[C@@H](c2c[nH]c(=O)[nH]c2=O)[C@@H](O[Si](C)(C)C(C)(C)C)C1C.CC[C@H]1O[C@@H](c2cn(CC(=O)OCC3c4ccccc4-c4ccccc43)c(=O)[nH]c2=O)[C@@H](O[Si](C)(C)C(C)(C)C)C1C.O.O=C(Br)CBr.O=C(Br)CBr.O=C(Cn1cc([C@@H]2O[C@H](CO)C(O)[C@@H]2O)c(=O)[nH]c1=O)OCC1c2ccccc2-c2ccccc21.O=c1[nH]cc([C@@H]2O[C@H](CO)C(O)[C@@H]2O)c(=O)[nH]1.[2H]CF.[Fm]. The third-order valence-corrected chi connectivity index (χ3v) is 36.4. The molecule has 0 spiro atoms. The topological polar surface area (TPSA) is 536 Å². The fraction of sp³-hybridized carbons (Fsp3) is 0.527. The van der Waals surface area contributed by atoms with Gasteiger partial charge in [-0.15, -0.1) is 0 Å². The average Bonchev–Trinajstić information content (AvgIpc) is 1.60. The largest absolute Gasteiger partial charge is 0.463 e. The number of hydrogen-bond donors (Lipinski definition) is 12. The maximum Gasteiger partial charge on any atom is 0.328 e. The number of fused-ring (bicyclic) bond motifs is 6. The molecular formula is C93H131Br4FFmN8O27Si2. The zero-order chi connectivity index (χ0) is 99.2. The molecule has 0 saturated carbocycles. The van der Waals surface area contributed by atoms with Gasteiger partial charge in [0.15, 0.2) is 16.6 Å². The molecule has 14 N–H and O–H groups in total. The number of rotatable bonds is 22. The van der Waals surface area contributed by atoms with Gasteiger partial charge in [-0.3, -0.25) is 71.8 Å². The second kappa shape index (κ2) is 53.7. The predicted octanol–water partition coefficient (Wildman–Crippen LogP) is 10.6. The summed E-state index contributed by atoms with van der Waals surface area (Å²) in [5.41, 5.74) is 4.18. The van der Waals surface area contributed by atoms with Crippen molar-refractivity contribution in [1.29, 1.82) is 0 Å². The number of carbonyl (C=O) groups excluding carboxylic acids is 4. The number of ether oxygens (including phenoxy) is 6. The van der Waals surface area contributed by atoms with Gasteiger partial charge in [-0.05, 0) is 125 Å². The minimum absolute atomic E-state index is 0. The van der Waals surface area contributed by atoms with Crippen LogP contribution in [0.15, 0.2) is 160 Å². The van der Waals surface area contributed by atoms with Gasteiger partial charge in [0.1, 0.15) is 87.3 Å². The molecule has 0 bridgehead atoms. The van der Waals surface area contributed by atoms with Crippen molar-refractivity contribution < 1.29 is 98.3 Å². The van der Waals surface area contributed by atoms with Gasteiger partial charge in [0.05, 0.1) is 79.1 Å². The first-order valence-electron chi connectivity index (χ1n) is 43.6. The molecule has 0 amide bonds. The normalized spacial score (nSPS) is 22.7. The van der Waals surface area contributed by atoms with Crippen LogP contribution in [0.1, 0.15) is 193 Å². The molecule has 4 aromatic heterocycles. The van der Waals surface area contributed by atoms with E-state index in [2.05, 4.69) is 208 Å². The average molecular weight is 2450 g/mol. The van der Waals surface area contributed by atoms with E-state index in [9.17, 15) is 87.5 Å². The van der Waals surface area contributed by atoms with E-state index in [1.165, 1.54) is 17.0 Å². The van der Waals surface area contributed by atoms with Gasteiger partial charge in [-0.25, -0.2) is 19.2 Å². The van der Waals surface area contributed by atoms with Gasteiger partial charge in [0.2, 0.25) is 9.39 Å². The van der Waals surface area contributed by atoms with Crippen molar-refractivity contribution in [2.45, 2.75) is 257 Å². The Morgan fingerprint density at radius 1 is 0.471 bits per heavy atom. The number of halogens is 5. The van der Waals surface area contributed by atoms with Crippen LogP contribution in [0.2, 0.25) is 36.3 Å². The van der Waals surface area contributed by atoms with Crippen LogP contribution >= 0.6 is 63.7 Å². The number of carbonyl (C=O) groups is 4. The predicted molar refractivity (Wildman–Crippen MR) is 530 cm³/mol. The number of nitrogens with zero attached hydrogens (tertiary/aromatic N) is 2. The summed E-state index contributed by atoms with van der Waals surface area (Å²) in [6, 6.07) is 32.0. The first-order valence-corrected chi connectivity index (χ1v) is 52.6. The molecule has 0 radical (unpaired) electrons. The molecule has 136 heavy (non-hydrogen) atoms. The van der Waals surface area contributed by atoms with Crippen LogP contribution in [0.3, 0.4) is 0 Å². The Bertz CT molecular complexity index is 5670. The summed E-state index contributed by atoms with van der Waals surface area (Å²) >= 11 is 11.2. The van der Waals surface area contributed by atoms with Gasteiger partial charge in [0, 0.05) is 48.5 Å². The molecule has 4 unspecified atom stereocenters. The van der Waals surface area contributed by atoms with Crippen LogP contribution in [0.25, 0.3) is 22.3 Å². The summed E-state index contributed by atoms with van der Waals surface area (Å²) in [7, 11) is -5.23. The number of aliphatic hydroxyl groups is 6. The molecule has 16 atom stereocenters. The first-order chi connectivity index (χ1) is 62.7. The van der Waals surface area contributed by atoms with Gasteiger partial charge in [-0.1, -0.05) is 227 Å². The van der Waals surface area contributed by atoms with E-state index < -0.39 is 162 Å². The molecule has 43 heteroatoms. The van der Waals surface area contributed by atoms with E-state index in [1.807, 2.05) is 91.6 Å². The minimum Gasteiger partial charge on any atom is -0.463 e. The van der Waals surface area contributed by atoms with E-state index in [0.29, 0.717) is 16.2 Å². The summed E-state index contributed by atoms with van der Waals surface area (Å²) in [4.78, 5) is 155. The molecule has 8 aromatic rings. The van der Waals surface area contributed by atoms with Crippen molar-refractivity contribution in [3.8, 4) is 22.3 Å². The van der Waals surface area contributed by atoms with Crippen LogP contribution in [0, 0.1) is 11.8 Å². The molecule has 4 saturated heterocycles. The van der Waals surface area contributed by atoms with Gasteiger partial charge >= 0.3 is 34.7 Å². The van der Waals surface area contributed by atoms with Gasteiger partial charge in [-0.2, -0.15) is 0 Å².